The lowest BCUT2D eigenvalue weighted by molar-refractivity contribution is 0.0934. The summed E-state index contributed by atoms with van der Waals surface area (Å²) >= 11 is 5.77. The van der Waals surface area contributed by atoms with Crippen LogP contribution in [0.2, 0.25) is 5.02 Å². The fourth-order valence-electron chi connectivity index (χ4n) is 1.63. The third-order valence-electron chi connectivity index (χ3n) is 2.76. The second kappa shape index (κ2) is 6.81. The van der Waals surface area contributed by atoms with Crippen molar-refractivity contribution in [1.82, 2.24) is 16.2 Å². The minimum absolute atomic E-state index is 0.323. The van der Waals surface area contributed by atoms with Gasteiger partial charge in [-0.05, 0) is 30.7 Å². The normalized spacial score (nSPS) is 10.0. The Labute approximate surface area is 126 Å². The molecule has 0 aliphatic carbocycles. The van der Waals surface area contributed by atoms with Crippen LogP contribution < -0.4 is 16.2 Å². The lowest BCUT2D eigenvalue weighted by atomic mass is 10.2. The van der Waals surface area contributed by atoms with E-state index in [1.165, 1.54) is 12.3 Å². The summed E-state index contributed by atoms with van der Waals surface area (Å²) in [5.74, 6) is 0.0405. The molecule has 7 heteroatoms. The number of nitrogens with one attached hydrogen (secondary N) is 3. The molecule has 0 radical (unpaired) electrons. The minimum Gasteiger partial charge on any atom is -0.469 e. The molecule has 21 heavy (non-hydrogen) atoms. The zero-order valence-corrected chi connectivity index (χ0v) is 12.0. The molecule has 0 atom stereocenters. The molecule has 0 spiro atoms. The third-order valence-corrected chi connectivity index (χ3v) is 3.01. The molecule has 1 aromatic heterocycles. The first-order valence-electron chi connectivity index (χ1n) is 6.19. The first-order valence-corrected chi connectivity index (χ1v) is 6.57. The average Bonchev–Trinajstić information content (AvgIpc) is 2.90. The molecule has 2 aromatic rings. The highest BCUT2D eigenvalue weighted by molar-refractivity contribution is 6.30. The second-order valence-corrected chi connectivity index (χ2v) is 4.72. The van der Waals surface area contributed by atoms with E-state index in [0.717, 1.165) is 5.56 Å². The van der Waals surface area contributed by atoms with Crippen LogP contribution in [0.4, 0.5) is 4.79 Å². The largest absolute Gasteiger partial charge is 0.469 e. The topological polar surface area (TPSA) is 83.4 Å². The Kier molecular flexibility index (Phi) is 4.84. The smallest absolute Gasteiger partial charge is 0.333 e. The number of carbonyl (C=O) groups excluding carboxylic acids is 2. The average molecular weight is 308 g/mol. The Morgan fingerprint density at radius 2 is 1.86 bits per heavy atom. The van der Waals surface area contributed by atoms with Crippen LogP contribution in [0.5, 0.6) is 0 Å². The number of carbonyl (C=O) groups is 2. The number of halogens is 1. The Balaban J connectivity index is 1.76. The van der Waals surface area contributed by atoms with Crippen LogP contribution in [0.1, 0.15) is 21.7 Å². The van der Waals surface area contributed by atoms with Crippen molar-refractivity contribution >= 4 is 23.5 Å². The molecule has 0 unspecified atom stereocenters. The highest BCUT2D eigenvalue weighted by Crippen LogP contribution is 2.09. The van der Waals surface area contributed by atoms with Gasteiger partial charge >= 0.3 is 6.03 Å². The van der Waals surface area contributed by atoms with Gasteiger partial charge in [0, 0.05) is 11.6 Å². The lowest BCUT2D eigenvalue weighted by Gasteiger charge is -2.08. The Hall–Kier alpha value is -2.47. The van der Waals surface area contributed by atoms with Gasteiger partial charge in [0.15, 0.2) is 0 Å². The number of hydrogen-bond acceptors (Lipinski definition) is 3. The van der Waals surface area contributed by atoms with Crippen molar-refractivity contribution in [2.24, 2.45) is 0 Å². The Bertz CT molecular complexity index is 637. The summed E-state index contributed by atoms with van der Waals surface area (Å²) in [5.41, 5.74) is 5.81. The van der Waals surface area contributed by atoms with Gasteiger partial charge in [0.2, 0.25) is 0 Å². The van der Waals surface area contributed by atoms with Gasteiger partial charge in [0.05, 0.1) is 11.8 Å². The molecule has 0 aliphatic heterocycles. The van der Waals surface area contributed by atoms with E-state index < -0.39 is 11.9 Å². The highest BCUT2D eigenvalue weighted by atomic mass is 35.5. The van der Waals surface area contributed by atoms with Gasteiger partial charge in [-0.15, -0.1) is 0 Å². The van der Waals surface area contributed by atoms with E-state index in [9.17, 15) is 9.59 Å². The molecular formula is C14H14ClN3O3. The fraction of sp³-hybridized carbons (Fsp3) is 0.143. The summed E-state index contributed by atoms with van der Waals surface area (Å²) in [6.07, 6.45) is 1.41. The molecule has 1 heterocycles. The molecule has 2 rings (SSSR count). The summed E-state index contributed by atoms with van der Waals surface area (Å²) in [4.78, 5) is 23.3. The molecule has 110 valence electrons. The minimum atomic E-state index is -0.514. The maximum atomic E-state index is 11.7. The van der Waals surface area contributed by atoms with E-state index in [2.05, 4.69) is 16.2 Å². The predicted molar refractivity (Wildman–Crippen MR) is 77.7 cm³/mol. The van der Waals surface area contributed by atoms with Crippen molar-refractivity contribution in [3.8, 4) is 0 Å². The number of furan rings is 1. The molecule has 3 N–H and O–H groups in total. The van der Waals surface area contributed by atoms with Gasteiger partial charge in [-0.1, -0.05) is 23.7 Å². The zero-order valence-electron chi connectivity index (χ0n) is 11.3. The van der Waals surface area contributed by atoms with Gasteiger partial charge < -0.3 is 9.73 Å². The van der Waals surface area contributed by atoms with Crippen LogP contribution in [0, 0.1) is 6.92 Å². The van der Waals surface area contributed by atoms with Crippen LogP contribution in [0.15, 0.2) is 41.0 Å². The molecule has 1 aromatic carbocycles. The Morgan fingerprint density at radius 1 is 1.14 bits per heavy atom. The van der Waals surface area contributed by atoms with Crippen molar-refractivity contribution in [1.29, 1.82) is 0 Å². The first kappa shape index (κ1) is 14.9. The van der Waals surface area contributed by atoms with Crippen LogP contribution in [0.3, 0.4) is 0 Å². The molecular weight excluding hydrogens is 294 g/mol. The predicted octanol–water partition coefficient (Wildman–Crippen LogP) is 2.39. The van der Waals surface area contributed by atoms with Crippen LogP contribution in [-0.2, 0) is 6.54 Å². The van der Waals surface area contributed by atoms with Crippen LogP contribution in [0.25, 0.3) is 0 Å². The number of urea groups is 1. The summed E-state index contributed by atoms with van der Waals surface area (Å²) in [6.45, 7) is 1.99. The van der Waals surface area contributed by atoms with Crippen molar-refractivity contribution in [2.45, 2.75) is 13.5 Å². The van der Waals surface area contributed by atoms with Gasteiger partial charge in [-0.25, -0.2) is 10.2 Å². The molecule has 3 amide bonds. The van der Waals surface area contributed by atoms with Crippen LogP contribution >= 0.6 is 11.6 Å². The van der Waals surface area contributed by atoms with Crippen molar-refractivity contribution < 1.29 is 14.0 Å². The van der Waals surface area contributed by atoms with Gasteiger partial charge in [0.25, 0.3) is 5.91 Å². The third kappa shape index (κ3) is 4.25. The first-order chi connectivity index (χ1) is 10.1. The number of hydrogen-bond donors (Lipinski definition) is 3. The van der Waals surface area contributed by atoms with E-state index in [-0.39, 0.29) is 0 Å². The fourth-order valence-corrected chi connectivity index (χ4v) is 1.76. The lowest BCUT2D eigenvalue weighted by Crippen LogP contribution is -2.46. The number of aryl methyl sites for hydroxylation is 1. The maximum Gasteiger partial charge on any atom is 0.333 e. The Morgan fingerprint density at radius 3 is 2.48 bits per heavy atom. The van der Waals surface area contributed by atoms with Crippen molar-refractivity contribution in [3.05, 3.63) is 58.5 Å². The van der Waals surface area contributed by atoms with E-state index in [1.807, 2.05) is 0 Å². The maximum absolute atomic E-state index is 11.7. The number of hydrazine groups is 1. The summed E-state index contributed by atoms with van der Waals surface area (Å²) in [6, 6.07) is 8.09. The zero-order chi connectivity index (χ0) is 15.2. The van der Waals surface area contributed by atoms with Gasteiger partial charge in [0.1, 0.15) is 5.76 Å². The molecule has 0 saturated heterocycles. The van der Waals surface area contributed by atoms with Gasteiger partial charge in [-0.3, -0.25) is 10.2 Å². The van der Waals surface area contributed by atoms with Crippen molar-refractivity contribution in [3.63, 3.8) is 0 Å². The number of benzene rings is 1. The standard InChI is InChI=1S/C14H14ClN3O3/c1-9-12(6-7-21-9)13(19)17-18-14(20)16-8-10-2-4-11(15)5-3-10/h2-7H,8H2,1H3,(H,17,19)(H2,16,18,20). The van der Waals surface area contributed by atoms with E-state index >= 15 is 0 Å². The molecule has 6 nitrogen and oxygen atoms in total. The molecule has 0 saturated carbocycles. The SMILES string of the molecule is Cc1occc1C(=O)NNC(=O)NCc1ccc(Cl)cc1. The highest BCUT2D eigenvalue weighted by Gasteiger charge is 2.11. The number of amides is 3. The summed E-state index contributed by atoms with van der Waals surface area (Å²) < 4.78 is 5.01. The molecule has 0 fully saturated rings. The summed E-state index contributed by atoms with van der Waals surface area (Å²) in [5, 5.41) is 3.23. The summed E-state index contributed by atoms with van der Waals surface area (Å²) in [7, 11) is 0. The van der Waals surface area contributed by atoms with Crippen LogP contribution in [-0.4, -0.2) is 11.9 Å². The van der Waals surface area contributed by atoms with Gasteiger partial charge in [-0.2, -0.15) is 0 Å². The van der Waals surface area contributed by atoms with E-state index in [4.69, 9.17) is 16.0 Å². The van der Waals surface area contributed by atoms with E-state index in [0.29, 0.717) is 22.9 Å². The van der Waals surface area contributed by atoms with E-state index in [1.54, 1.807) is 31.2 Å². The molecule has 0 bridgehead atoms. The number of rotatable bonds is 3. The second-order valence-electron chi connectivity index (χ2n) is 4.28. The van der Waals surface area contributed by atoms with Crippen molar-refractivity contribution in [2.75, 3.05) is 0 Å². The molecule has 0 aliphatic rings. The monoisotopic (exact) mass is 307 g/mol. The quantitative estimate of drug-likeness (QED) is 0.761.